The van der Waals surface area contributed by atoms with E-state index in [9.17, 15) is 4.39 Å². The average Bonchev–Trinajstić information content (AvgIpc) is 2.29. The topological polar surface area (TPSA) is 28.0 Å². The number of hydrogen-bond donors (Lipinski definition) is 0. The van der Waals surface area contributed by atoms with Crippen molar-refractivity contribution in [2.24, 2.45) is 9.98 Å². The highest BCUT2D eigenvalue weighted by Crippen LogP contribution is 2.17. The summed E-state index contributed by atoms with van der Waals surface area (Å²) in [7, 11) is 0. The lowest BCUT2D eigenvalue weighted by molar-refractivity contribution is 0.356. The van der Waals surface area contributed by atoms with Gasteiger partial charge in [-0.25, -0.2) is 14.4 Å². The Balaban J connectivity index is 2.46. The quantitative estimate of drug-likeness (QED) is 0.745. The van der Waals surface area contributed by atoms with Crippen LogP contribution in [0.25, 0.3) is 0 Å². The maximum Gasteiger partial charge on any atom is 0.221 e. The van der Waals surface area contributed by atoms with Crippen LogP contribution >= 0.6 is 11.6 Å². The number of halogens is 2. The fraction of sp³-hybridized carbons (Fsp3) is 0.333. The van der Waals surface area contributed by atoms with Crippen LogP contribution in [0.2, 0.25) is 0 Å². The second-order valence-corrected chi connectivity index (χ2v) is 4.39. The van der Waals surface area contributed by atoms with Gasteiger partial charge in [-0.3, -0.25) is 0 Å². The molecule has 1 aromatic carbocycles. The van der Waals surface area contributed by atoms with Gasteiger partial charge in [0.15, 0.2) is 0 Å². The average molecular weight is 254 g/mol. The molecule has 0 aliphatic carbocycles. The van der Waals surface area contributed by atoms with Crippen molar-refractivity contribution in [3.05, 3.63) is 35.6 Å². The Bertz CT molecular complexity index is 482. The molecule has 0 aromatic heterocycles. The standard InChI is InChI=1S/C12H13ClFN3/c1-8(2)17-7-15-12(13)16-11(17)9-5-3-4-6-10(9)14/h3-6,8H,7H2,1-2H3. The van der Waals surface area contributed by atoms with Crippen molar-refractivity contribution in [3.8, 4) is 0 Å². The van der Waals surface area contributed by atoms with Gasteiger partial charge in [-0.1, -0.05) is 12.1 Å². The summed E-state index contributed by atoms with van der Waals surface area (Å²) in [4.78, 5) is 10.1. The third-order valence-electron chi connectivity index (χ3n) is 2.56. The maximum atomic E-state index is 13.7. The normalized spacial score (nSPS) is 15.9. The van der Waals surface area contributed by atoms with E-state index >= 15 is 0 Å². The van der Waals surface area contributed by atoms with E-state index in [-0.39, 0.29) is 17.2 Å². The summed E-state index contributed by atoms with van der Waals surface area (Å²) in [6.45, 7) is 4.42. The minimum Gasteiger partial charge on any atom is -0.334 e. The number of amidine groups is 2. The summed E-state index contributed by atoms with van der Waals surface area (Å²) in [5, 5.41) is 0.167. The molecule has 3 nitrogen and oxygen atoms in total. The zero-order chi connectivity index (χ0) is 12.4. The molecule has 0 fully saturated rings. The molecule has 0 amide bonds. The van der Waals surface area contributed by atoms with Crippen LogP contribution in [-0.4, -0.2) is 28.7 Å². The van der Waals surface area contributed by atoms with Gasteiger partial charge in [0.1, 0.15) is 18.3 Å². The molecule has 1 aliphatic rings. The summed E-state index contributed by atoms with van der Waals surface area (Å²) in [6.07, 6.45) is 0. The van der Waals surface area contributed by atoms with Crippen molar-refractivity contribution in [1.82, 2.24) is 4.90 Å². The second kappa shape index (κ2) is 4.84. The van der Waals surface area contributed by atoms with Crippen molar-refractivity contribution in [1.29, 1.82) is 0 Å². The fourth-order valence-corrected chi connectivity index (χ4v) is 1.79. The molecular weight excluding hydrogens is 241 g/mol. The number of rotatable bonds is 2. The van der Waals surface area contributed by atoms with Gasteiger partial charge in [-0.2, -0.15) is 0 Å². The van der Waals surface area contributed by atoms with E-state index < -0.39 is 0 Å². The first-order chi connectivity index (χ1) is 8.09. The maximum absolute atomic E-state index is 13.7. The predicted molar refractivity (Wildman–Crippen MR) is 68.1 cm³/mol. The summed E-state index contributed by atoms with van der Waals surface area (Å²) in [5.41, 5.74) is 0.453. The Hall–Kier alpha value is -1.42. The lowest BCUT2D eigenvalue weighted by atomic mass is 10.1. The highest BCUT2D eigenvalue weighted by atomic mass is 35.5. The van der Waals surface area contributed by atoms with Gasteiger partial charge in [0.05, 0.1) is 5.56 Å². The van der Waals surface area contributed by atoms with Crippen molar-refractivity contribution >= 4 is 22.7 Å². The van der Waals surface area contributed by atoms with Gasteiger partial charge in [0.2, 0.25) is 5.29 Å². The van der Waals surface area contributed by atoms with Crippen LogP contribution in [0.4, 0.5) is 4.39 Å². The van der Waals surface area contributed by atoms with Gasteiger partial charge < -0.3 is 4.90 Å². The van der Waals surface area contributed by atoms with Crippen molar-refractivity contribution in [2.45, 2.75) is 19.9 Å². The summed E-state index contributed by atoms with van der Waals surface area (Å²) < 4.78 is 13.7. The molecule has 1 heterocycles. The van der Waals surface area contributed by atoms with Gasteiger partial charge in [-0.15, -0.1) is 0 Å². The van der Waals surface area contributed by atoms with Crippen molar-refractivity contribution in [3.63, 3.8) is 0 Å². The minimum atomic E-state index is -0.303. The Morgan fingerprint density at radius 2 is 2.06 bits per heavy atom. The predicted octanol–water partition coefficient (Wildman–Crippen LogP) is 2.85. The van der Waals surface area contributed by atoms with Crippen LogP contribution in [0, 0.1) is 5.82 Å². The number of nitrogens with zero attached hydrogens (tertiary/aromatic N) is 3. The molecule has 0 saturated carbocycles. The Labute approximate surface area is 105 Å². The molecule has 1 aromatic rings. The summed E-state index contributed by atoms with van der Waals surface area (Å²) in [5.74, 6) is 0.237. The molecule has 90 valence electrons. The van der Waals surface area contributed by atoms with Crippen LogP contribution in [0.1, 0.15) is 19.4 Å². The summed E-state index contributed by atoms with van der Waals surface area (Å²) in [6, 6.07) is 6.72. The van der Waals surface area contributed by atoms with Gasteiger partial charge in [0, 0.05) is 6.04 Å². The number of hydrogen-bond acceptors (Lipinski definition) is 3. The molecule has 1 aliphatic heterocycles. The fourth-order valence-electron chi connectivity index (χ4n) is 1.65. The van der Waals surface area contributed by atoms with Crippen LogP contribution in [0.5, 0.6) is 0 Å². The lowest BCUT2D eigenvalue weighted by Gasteiger charge is -2.30. The zero-order valence-corrected chi connectivity index (χ0v) is 10.4. The molecular formula is C12H13ClFN3. The van der Waals surface area contributed by atoms with Crippen molar-refractivity contribution in [2.75, 3.05) is 6.67 Å². The molecule has 2 rings (SSSR count). The largest absolute Gasteiger partial charge is 0.334 e. The van der Waals surface area contributed by atoms with E-state index in [0.717, 1.165) is 0 Å². The monoisotopic (exact) mass is 253 g/mol. The Morgan fingerprint density at radius 3 is 2.71 bits per heavy atom. The van der Waals surface area contributed by atoms with Gasteiger partial charge in [0.25, 0.3) is 0 Å². The van der Waals surface area contributed by atoms with Crippen LogP contribution in [0.15, 0.2) is 34.3 Å². The molecule has 0 bridgehead atoms. The second-order valence-electron chi connectivity index (χ2n) is 4.05. The van der Waals surface area contributed by atoms with Crippen LogP contribution < -0.4 is 0 Å². The molecule has 0 radical (unpaired) electrons. The Morgan fingerprint density at radius 1 is 1.35 bits per heavy atom. The van der Waals surface area contributed by atoms with E-state index in [2.05, 4.69) is 9.98 Å². The van der Waals surface area contributed by atoms with Gasteiger partial charge in [-0.05, 0) is 37.6 Å². The minimum absolute atomic E-state index is 0.167. The first kappa shape index (κ1) is 12.0. The molecule has 0 unspecified atom stereocenters. The van der Waals surface area contributed by atoms with E-state index in [0.29, 0.717) is 18.1 Å². The molecule has 0 atom stereocenters. The molecule has 0 saturated heterocycles. The highest BCUT2D eigenvalue weighted by molar-refractivity contribution is 6.65. The molecule has 0 spiro atoms. The number of benzene rings is 1. The third-order valence-corrected chi connectivity index (χ3v) is 2.77. The van der Waals surface area contributed by atoms with E-state index in [4.69, 9.17) is 11.6 Å². The number of aliphatic imine (C=N–C) groups is 2. The first-order valence-corrected chi connectivity index (χ1v) is 5.77. The van der Waals surface area contributed by atoms with Crippen LogP contribution in [0.3, 0.4) is 0 Å². The van der Waals surface area contributed by atoms with E-state index in [1.807, 2.05) is 18.7 Å². The van der Waals surface area contributed by atoms with E-state index in [1.54, 1.807) is 18.2 Å². The van der Waals surface area contributed by atoms with Crippen molar-refractivity contribution < 1.29 is 4.39 Å². The molecule has 5 heteroatoms. The smallest absolute Gasteiger partial charge is 0.221 e. The van der Waals surface area contributed by atoms with E-state index in [1.165, 1.54) is 6.07 Å². The highest BCUT2D eigenvalue weighted by Gasteiger charge is 2.22. The van der Waals surface area contributed by atoms with Crippen LogP contribution in [-0.2, 0) is 0 Å². The Kier molecular flexibility index (Phi) is 3.43. The lowest BCUT2D eigenvalue weighted by Crippen LogP contribution is -2.40. The summed E-state index contributed by atoms with van der Waals surface area (Å²) >= 11 is 5.80. The SMILES string of the molecule is CC(C)N1CN=C(Cl)N=C1c1ccccc1F. The molecule has 17 heavy (non-hydrogen) atoms. The van der Waals surface area contributed by atoms with Gasteiger partial charge >= 0.3 is 0 Å². The third kappa shape index (κ3) is 2.47. The zero-order valence-electron chi connectivity index (χ0n) is 9.69. The first-order valence-electron chi connectivity index (χ1n) is 5.40. The molecule has 0 N–H and O–H groups in total.